The summed E-state index contributed by atoms with van der Waals surface area (Å²) in [6.07, 6.45) is 0.859. The Balaban J connectivity index is 0. The number of aryl methyl sites for hydroxylation is 2. The van der Waals surface area contributed by atoms with Crippen molar-refractivity contribution in [2.45, 2.75) is 61.8 Å². The molecule has 1 aromatic rings. The number of carbonyl (C=O) groups excluding carboxylic acids is 2. The van der Waals surface area contributed by atoms with Gasteiger partial charge in [-0.2, -0.15) is 0 Å². The minimum Gasteiger partial charge on any atom is -0.459 e. The fraction of sp³-hybridized carbons (Fsp3) is 0.524. The molecule has 0 aliphatic rings. The zero-order valence-electron chi connectivity index (χ0n) is 17.1. The van der Waals surface area contributed by atoms with Crippen molar-refractivity contribution in [3.05, 3.63) is 46.5 Å². The van der Waals surface area contributed by atoms with Crippen molar-refractivity contribution in [2.75, 3.05) is 13.2 Å². The molecule has 0 fully saturated rings. The summed E-state index contributed by atoms with van der Waals surface area (Å²) in [6, 6.07) is 3.92. The molecule has 0 bridgehead atoms. The van der Waals surface area contributed by atoms with E-state index in [1.165, 1.54) is 0 Å². The summed E-state index contributed by atoms with van der Waals surface area (Å²) >= 11 is 0. The summed E-state index contributed by atoms with van der Waals surface area (Å²) in [5, 5.41) is 0. The summed E-state index contributed by atoms with van der Waals surface area (Å²) in [7, 11) is 0. The molecule has 0 radical (unpaired) electrons. The largest absolute Gasteiger partial charge is 0.459 e. The lowest BCUT2D eigenvalue weighted by molar-refractivity contribution is -0.140. The average Bonchev–Trinajstić information content (AvgIpc) is 2.63. The van der Waals surface area contributed by atoms with Crippen LogP contribution in [0.3, 0.4) is 0 Å². The second-order valence-corrected chi connectivity index (χ2v) is 4.99. The van der Waals surface area contributed by atoms with E-state index >= 15 is 0 Å². The molecule has 0 atom stereocenters. The van der Waals surface area contributed by atoms with E-state index < -0.39 is 11.9 Å². The van der Waals surface area contributed by atoms with Crippen molar-refractivity contribution in [1.29, 1.82) is 0 Å². The summed E-state index contributed by atoms with van der Waals surface area (Å²) in [6.45, 7) is 19.0. The number of hydrogen-bond donors (Lipinski definition) is 0. The molecule has 1 rings (SSSR count). The molecule has 142 valence electrons. The van der Waals surface area contributed by atoms with Crippen LogP contribution in [0.1, 0.15) is 68.6 Å². The topological polar surface area (TPSA) is 52.6 Å². The number of benzene rings is 1. The van der Waals surface area contributed by atoms with Gasteiger partial charge in [0.05, 0.1) is 5.56 Å². The second-order valence-electron chi connectivity index (χ2n) is 4.99. The van der Waals surface area contributed by atoms with Crippen LogP contribution < -0.4 is 0 Å². The highest BCUT2D eigenvalue weighted by Gasteiger charge is 2.13. The summed E-state index contributed by atoms with van der Waals surface area (Å²) in [5.74, 6) is -0.872. The molecule has 0 saturated heterocycles. The first-order valence-electron chi connectivity index (χ1n) is 8.96. The van der Waals surface area contributed by atoms with Gasteiger partial charge in [-0.1, -0.05) is 47.3 Å². The molecule has 0 N–H and O–H groups in total. The van der Waals surface area contributed by atoms with Gasteiger partial charge in [-0.25, -0.2) is 9.59 Å². The van der Waals surface area contributed by atoms with Gasteiger partial charge in [0.1, 0.15) is 13.2 Å². The maximum absolute atomic E-state index is 12.1. The number of carbonyl (C=O) groups is 2. The van der Waals surface area contributed by atoms with Crippen molar-refractivity contribution in [1.82, 2.24) is 0 Å². The van der Waals surface area contributed by atoms with Crippen LogP contribution in [-0.2, 0) is 20.7 Å². The lowest BCUT2D eigenvalue weighted by atomic mass is 9.98. The van der Waals surface area contributed by atoms with E-state index in [1.54, 1.807) is 6.92 Å². The van der Waals surface area contributed by atoms with Crippen LogP contribution in [0.5, 0.6) is 0 Å². The first kappa shape index (κ1) is 25.1. The van der Waals surface area contributed by atoms with Crippen LogP contribution in [0.15, 0.2) is 24.3 Å². The Kier molecular flexibility index (Phi) is 14.3. The molecule has 0 aromatic heterocycles. The van der Waals surface area contributed by atoms with Crippen LogP contribution in [-0.4, -0.2) is 25.2 Å². The van der Waals surface area contributed by atoms with E-state index in [9.17, 15) is 9.59 Å². The molecular formula is C21H34O4. The van der Waals surface area contributed by atoms with Gasteiger partial charge in [0, 0.05) is 5.57 Å². The first-order valence-corrected chi connectivity index (χ1v) is 8.96. The first-order chi connectivity index (χ1) is 11.9. The molecule has 0 heterocycles. The lowest BCUT2D eigenvalue weighted by Crippen LogP contribution is -2.15. The van der Waals surface area contributed by atoms with Gasteiger partial charge in [-0.15, -0.1) is 0 Å². The minimum atomic E-state index is -0.481. The fourth-order valence-electron chi connectivity index (χ4n) is 1.82. The Bertz CT molecular complexity index is 559. The fourth-order valence-corrected chi connectivity index (χ4v) is 1.82. The summed E-state index contributed by atoms with van der Waals surface area (Å²) < 4.78 is 10.0. The molecule has 0 amide bonds. The Labute approximate surface area is 153 Å². The van der Waals surface area contributed by atoms with Crippen LogP contribution in [0, 0.1) is 13.8 Å². The molecule has 0 aliphatic heterocycles. The monoisotopic (exact) mass is 350 g/mol. The Hall–Kier alpha value is -2.10. The Morgan fingerprint density at radius 1 is 1.00 bits per heavy atom. The van der Waals surface area contributed by atoms with Crippen LogP contribution in [0.4, 0.5) is 0 Å². The van der Waals surface area contributed by atoms with Gasteiger partial charge < -0.3 is 9.47 Å². The third-order valence-corrected chi connectivity index (χ3v) is 3.25. The normalized spacial score (nSPS) is 8.96. The molecule has 25 heavy (non-hydrogen) atoms. The molecule has 0 aliphatic carbocycles. The van der Waals surface area contributed by atoms with Gasteiger partial charge >= 0.3 is 11.9 Å². The Morgan fingerprint density at radius 2 is 1.52 bits per heavy atom. The zero-order valence-corrected chi connectivity index (χ0v) is 17.1. The second kappa shape index (κ2) is 14.3. The smallest absolute Gasteiger partial charge is 0.338 e. The number of hydrogen-bond acceptors (Lipinski definition) is 4. The van der Waals surface area contributed by atoms with Gasteiger partial charge in [-0.05, 0) is 49.9 Å². The van der Waals surface area contributed by atoms with Crippen molar-refractivity contribution >= 4 is 11.9 Å². The molecule has 1 aromatic carbocycles. The highest BCUT2D eigenvalue weighted by molar-refractivity contribution is 5.91. The molecule has 4 nitrogen and oxygen atoms in total. The molecule has 0 unspecified atom stereocenters. The highest BCUT2D eigenvalue weighted by atomic mass is 16.6. The van der Waals surface area contributed by atoms with E-state index in [-0.39, 0.29) is 13.2 Å². The van der Waals surface area contributed by atoms with E-state index in [2.05, 4.69) is 12.6 Å². The van der Waals surface area contributed by atoms with Crippen molar-refractivity contribution in [3.8, 4) is 0 Å². The van der Waals surface area contributed by atoms with Crippen LogP contribution in [0.2, 0.25) is 0 Å². The summed E-state index contributed by atoms with van der Waals surface area (Å²) in [5.41, 5.74) is 3.96. The van der Waals surface area contributed by atoms with E-state index in [0.29, 0.717) is 11.1 Å². The van der Waals surface area contributed by atoms with E-state index in [4.69, 9.17) is 9.47 Å². The average molecular weight is 350 g/mol. The number of esters is 2. The van der Waals surface area contributed by atoms with Gasteiger partial charge in [0.2, 0.25) is 0 Å². The van der Waals surface area contributed by atoms with E-state index in [0.717, 1.165) is 23.1 Å². The molecule has 0 spiro atoms. The molecular weight excluding hydrogens is 316 g/mol. The SMILES string of the molecule is C=C(C)C(=O)OCCOC(=O)c1cc(CC)cc(C)c1C.CC.CC. The van der Waals surface area contributed by atoms with E-state index in [1.807, 2.05) is 54.5 Å². The van der Waals surface area contributed by atoms with Crippen molar-refractivity contribution in [2.24, 2.45) is 0 Å². The molecule has 4 heteroatoms. The predicted molar refractivity (Wildman–Crippen MR) is 104 cm³/mol. The number of rotatable bonds is 6. The lowest BCUT2D eigenvalue weighted by Gasteiger charge is -2.11. The van der Waals surface area contributed by atoms with Gasteiger partial charge in [-0.3, -0.25) is 0 Å². The zero-order chi connectivity index (χ0) is 20.0. The number of ether oxygens (including phenoxy) is 2. The predicted octanol–water partition coefficient (Wildman–Crippen LogP) is 5.19. The molecule has 0 saturated carbocycles. The van der Waals surface area contributed by atoms with Crippen molar-refractivity contribution < 1.29 is 19.1 Å². The minimum absolute atomic E-state index is 0.0307. The highest BCUT2D eigenvalue weighted by Crippen LogP contribution is 2.18. The van der Waals surface area contributed by atoms with Crippen LogP contribution in [0.25, 0.3) is 0 Å². The third kappa shape index (κ3) is 9.08. The third-order valence-electron chi connectivity index (χ3n) is 3.25. The van der Waals surface area contributed by atoms with Gasteiger partial charge in [0.15, 0.2) is 0 Å². The Morgan fingerprint density at radius 3 is 2.00 bits per heavy atom. The van der Waals surface area contributed by atoms with Crippen molar-refractivity contribution in [3.63, 3.8) is 0 Å². The van der Waals surface area contributed by atoms with Crippen LogP contribution >= 0.6 is 0 Å². The summed E-state index contributed by atoms with van der Waals surface area (Å²) in [4.78, 5) is 23.3. The van der Waals surface area contributed by atoms with Gasteiger partial charge in [0.25, 0.3) is 0 Å². The maximum atomic E-state index is 12.1. The standard InChI is InChI=1S/C17H22O4.2C2H6/c1-6-14-9-12(4)13(5)15(10-14)17(19)21-8-7-20-16(18)11(2)3;2*1-2/h9-10H,2,6-8H2,1,3-5H3;2*1-2H3. The quantitative estimate of drug-likeness (QED) is 0.402. The maximum Gasteiger partial charge on any atom is 0.338 e.